The molecule has 2 fully saturated rings. The van der Waals surface area contributed by atoms with Crippen LogP contribution in [0.15, 0.2) is 0 Å². The molecule has 0 aromatic heterocycles. The highest BCUT2D eigenvalue weighted by Gasteiger charge is 2.53. The maximum atomic E-state index is 11.9. The minimum absolute atomic E-state index is 0.0928. The maximum absolute atomic E-state index is 11.9. The van der Waals surface area contributed by atoms with Gasteiger partial charge in [0.1, 0.15) is 25.1 Å². The fourth-order valence-corrected chi connectivity index (χ4v) is 2.83. The molecule has 2 saturated heterocycles. The molecule has 3 N–H and O–H groups in total. The molecule has 0 bridgehead atoms. The number of amides is 2. The van der Waals surface area contributed by atoms with E-state index in [9.17, 15) is 9.59 Å². The number of carbonyl (C=O) groups is 2. The molecule has 7 nitrogen and oxygen atoms in total. The third-order valence-corrected chi connectivity index (χ3v) is 3.87. The summed E-state index contributed by atoms with van der Waals surface area (Å²) in [6.45, 7) is 6.55. The van der Waals surface area contributed by atoms with Gasteiger partial charge in [0, 0.05) is 6.54 Å². The van der Waals surface area contributed by atoms with Crippen LogP contribution >= 0.6 is 0 Å². The number of rotatable bonds is 5. The fraction of sp³-hybridized carbons (Fsp3) is 0.750. The van der Waals surface area contributed by atoms with Crippen molar-refractivity contribution in [1.82, 2.24) is 10.2 Å². The van der Waals surface area contributed by atoms with Crippen LogP contribution in [0, 0.1) is 5.92 Å². The van der Waals surface area contributed by atoms with Crippen LogP contribution in [0.4, 0.5) is 4.79 Å². The molecule has 0 spiro atoms. The molecule has 19 heavy (non-hydrogen) atoms. The zero-order valence-electron chi connectivity index (χ0n) is 11.0. The Bertz CT molecular complexity index is 387. The van der Waals surface area contributed by atoms with Crippen LogP contribution in [-0.4, -0.2) is 60.2 Å². The van der Waals surface area contributed by atoms with Gasteiger partial charge in [0.15, 0.2) is 0 Å². The largest absolute Gasteiger partial charge is 0.465 e. The van der Waals surface area contributed by atoms with Gasteiger partial charge < -0.3 is 15.2 Å². The SMILES string of the molecule is C=[NH+]C(=O)[C@@H]1[C@H](CC)CCN1C1OC1CNC(=O)O. The lowest BCUT2D eigenvalue weighted by Gasteiger charge is -2.20. The van der Waals surface area contributed by atoms with Gasteiger partial charge in [-0.05, 0) is 12.3 Å². The van der Waals surface area contributed by atoms with Crippen molar-refractivity contribution in [2.75, 3.05) is 13.1 Å². The molecule has 0 saturated carbocycles. The highest BCUT2D eigenvalue weighted by Crippen LogP contribution is 2.35. The molecule has 0 aromatic carbocycles. The highest BCUT2D eigenvalue weighted by molar-refractivity contribution is 5.74. The van der Waals surface area contributed by atoms with Crippen LogP contribution in [0.3, 0.4) is 0 Å². The highest BCUT2D eigenvalue weighted by atomic mass is 16.6. The quantitative estimate of drug-likeness (QED) is 0.412. The van der Waals surface area contributed by atoms with Gasteiger partial charge >= 0.3 is 12.0 Å². The molecular formula is C12H20N3O4+. The molecule has 2 aliphatic rings. The Morgan fingerprint density at radius 3 is 2.89 bits per heavy atom. The van der Waals surface area contributed by atoms with Gasteiger partial charge in [-0.25, -0.2) is 9.59 Å². The normalized spacial score (nSPS) is 33.9. The number of carboxylic acid groups (broad SMARTS) is 1. The molecule has 0 aromatic rings. The topological polar surface area (TPSA) is 96.1 Å². The van der Waals surface area contributed by atoms with Crippen LogP contribution in [0.1, 0.15) is 19.8 Å². The average molecular weight is 270 g/mol. The summed E-state index contributed by atoms with van der Waals surface area (Å²) in [4.78, 5) is 26.8. The number of nitrogens with one attached hydrogen (secondary N) is 2. The second-order valence-corrected chi connectivity index (χ2v) is 4.93. The van der Waals surface area contributed by atoms with E-state index >= 15 is 0 Å². The van der Waals surface area contributed by atoms with Gasteiger partial charge in [0.2, 0.25) is 0 Å². The van der Waals surface area contributed by atoms with Gasteiger partial charge in [-0.15, -0.1) is 0 Å². The molecule has 2 heterocycles. The summed E-state index contributed by atoms with van der Waals surface area (Å²) in [6.07, 6.45) is 0.499. The summed E-state index contributed by atoms with van der Waals surface area (Å²) < 4.78 is 5.47. The van der Waals surface area contributed by atoms with E-state index in [2.05, 4.69) is 24.0 Å². The monoisotopic (exact) mass is 270 g/mol. The summed E-state index contributed by atoms with van der Waals surface area (Å²) in [6, 6.07) is -0.220. The third kappa shape index (κ3) is 2.93. The van der Waals surface area contributed by atoms with Crippen molar-refractivity contribution in [3.05, 3.63) is 0 Å². The van der Waals surface area contributed by atoms with Crippen LogP contribution < -0.4 is 10.3 Å². The number of hydrogen-bond acceptors (Lipinski definition) is 4. The summed E-state index contributed by atoms with van der Waals surface area (Å²) in [5.41, 5.74) is 0. The lowest BCUT2D eigenvalue weighted by Crippen LogP contribution is -2.77. The molecule has 2 amide bonds. The molecule has 106 valence electrons. The number of carbonyl (C=O) groups excluding carboxylic acids is 1. The Labute approximate surface area is 111 Å². The molecule has 7 heteroatoms. The smallest absolute Gasteiger partial charge is 0.404 e. The van der Waals surface area contributed by atoms with Crippen molar-refractivity contribution in [2.24, 2.45) is 5.92 Å². The second-order valence-electron chi connectivity index (χ2n) is 4.93. The van der Waals surface area contributed by atoms with Crippen molar-refractivity contribution in [1.29, 1.82) is 0 Å². The van der Waals surface area contributed by atoms with Crippen molar-refractivity contribution in [2.45, 2.75) is 38.1 Å². The lowest BCUT2D eigenvalue weighted by molar-refractivity contribution is -0.374. The fourth-order valence-electron chi connectivity index (χ4n) is 2.83. The number of nitrogens with zero attached hydrogens (tertiary/aromatic N) is 1. The van der Waals surface area contributed by atoms with E-state index in [1.165, 1.54) is 0 Å². The summed E-state index contributed by atoms with van der Waals surface area (Å²) in [5, 5.41) is 10.8. The van der Waals surface area contributed by atoms with Gasteiger partial charge in [-0.3, -0.25) is 4.90 Å². The van der Waals surface area contributed by atoms with E-state index in [-0.39, 0.29) is 30.8 Å². The standard InChI is InChI=1S/C12H19N3O4/c1-3-7-4-5-15(9(7)10(16)13-2)11-8(19-11)6-14-12(17)18/h7-9,11,14H,2-6H2,1H3,(H,17,18)/p+1/t7-,8?,9+,11?/m1/s1. The first-order valence-corrected chi connectivity index (χ1v) is 6.53. The van der Waals surface area contributed by atoms with E-state index in [4.69, 9.17) is 9.84 Å². The first-order valence-electron chi connectivity index (χ1n) is 6.53. The predicted molar refractivity (Wildman–Crippen MR) is 66.7 cm³/mol. The molecule has 2 aliphatic heterocycles. The zero-order valence-corrected chi connectivity index (χ0v) is 11.0. The molecule has 2 unspecified atom stereocenters. The number of hydrogen-bond donors (Lipinski definition) is 3. The second kappa shape index (κ2) is 5.66. The Hall–Kier alpha value is -1.47. The van der Waals surface area contributed by atoms with Gasteiger partial charge in [-0.1, -0.05) is 13.3 Å². The Morgan fingerprint density at radius 1 is 1.58 bits per heavy atom. The number of epoxide rings is 1. The summed E-state index contributed by atoms with van der Waals surface area (Å²) in [7, 11) is 0. The minimum atomic E-state index is -1.06. The van der Waals surface area contributed by atoms with Crippen LogP contribution in [-0.2, 0) is 9.53 Å². The van der Waals surface area contributed by atoms with Crippen molar-refractivity contribution in [3.63, 3.8) is 0 Å². The average Bonchev–Trinajstić information content (AvgIpc) is 3.04. The van der Waals surface area contributed by atoms with E-state index in [1.807, 2.05) is 4.90 Å². The van der Waals surface area contributed by atoms with E-state index in [0.717, 1.165) is 19.4 Å². The Balaban J connectivity index is 1.95. The summed E-state index contributed by atoms with van der Waals surface area (Å²) in [5.74, 6) is 0.212. The van der Waals surface area contributed by atoms with Crippen molar-refractivity contribution in [3.8, 4) is 0 Å². The van der Waals surface area contributed by atoms with E-state index in [0.29, 0.717) is 5.92 Å². The summed E-state index contributed by atoms with van der Waals surface area (Å²) >= 11 is 0. The number of likely N-dealkylation sites (tertiary alicyclic amines) is 1. The predicted octanol–water partition coefficient (Wildman–Crippen LogP) is -1.61. The first kappa shape index (κ1) is 14.0. The molecule has 4 atom stereocenters. The minimum Gasteiger partial charge on any atom is -0.465 e. The van der Waals surface area contributed by atoms with Crippen LogP contribution in [0.5, 0.6) is 0 Å². The molecular weight excluding hydrogens is 250 g/mol. The van der Waals surface area contributed by atoms with Crippen molar-refractivity contribution < 1.29 is 24.4 Å². The first-order chi connectivity index (χ1) is 9.08. The van der Waals surface area contributed by atoms with Gasteiger partial charge in [-0.2, -0.15) is 4.99 Å². The van der Waals surface area contributed by atoms with E-state index in [1.54, 1.807) is 0 Å². The molecule has 2 rings (SSSR count). The van der Waals surface area contributed by atoms with Gasteiger partial charge in [0.25, 0.3) is 0 Å². The lowest BCUT2D eigenvalue weighted by atomic mass is 9.97. The van der Waals surface area contributed by atoms with Crippen LogP contribution in [0.25, 0.3) is 0 Å². The molecule has 0 aliphatic carbocycles. The van der Waals surface area contributed by atoms with E-state index < -0.39 is 6.09 Å². The maximum Gasteiger partial charge on any atom is 0.404 e. The van der Waals surface area contributed by atoms with Crippen LogP contribution in [0.2, 0.25) is 0 Å². The molecule has 0 radical (unpaired) electrons. The van der Waals surface area contributed by atoms with Crippen molar-refractivity contribution >= 4 is 18.7 Å². The Morgan fingerprint density at radius 2 is 2.32 bits per heavy atom. The zero-order chi connectivity index (χ0) is 14.0. The van der Waals surface area contributed by atoms with Gasteiger partial charge in [0.05, 0.1) is 6.54 Å². The number of ether oxygens (including phenoxy) is 1. The third-order valence-electron chi connectivity index (χ3n) is 3.87. The Kier molecular flexibility index (Phi) is 4.16.